The van der Waals surface area contributed by atoms with Crippen molar-refractivity contribution in [3.63, 3.8) is 0 Å². The lowest BCUT2D eigenvalue weighted by atomic mass is 9.77. The Bertz CT molecular complexity index is 1820. The molecule has 0 aliphatic carbocycles. The molecule has 5 rings (SSSR count). The van der Waals surface area contributed by atoms with Crippen LogP contribution in [0, 0.1) is 0 Å². The van der Waals surface area contributed by atoms with Gasteiger partial charge in [0.15, 0.2) is 0 Å². The highest BCUT2D eigenvalue weighted by Crippen LogP contribution is 2.46. The zero-order valence-electron chi connectivity index (χ0n) is 33.6. The molecule has 0 N–H and O–H groups in total. The molecule has 5 aromatic rings. The maximum atomic E-state index is 5.82. The first kappa shape index (κ1) is 39.4. The second kappa shape index (κ2) is 17.8. The molecule has 0 aliphatic rings. The average Bonchev–Trinajstić information content (AvgIpc) is 3.55. The van der Waals surface area contributed by atoms with Crippen LogP contribution in [0.2, 0.25) is 0 Å². The van der Waals surface area contributed by atoms with Crippen LogP contribution in [0.15, 0.2) is 97.1 Å². The fraction of sp³-hybridized carbons (Fsp3) is 0.429. The molecule has 0 saturated heterocycles. The van der Waals surface area contributed by atoms with Gasteiger partial charge in [-0.15, -0.1) is 11.3 Å². The van der Waals surface area contributed by atoms with Crippen LogP contribution >= 0.6 is 11.3 Å². The maximum absolute atomic E-state index is 5.82. The highest BCUT2D eigenvalue weighted by Gasteiger charge is 2.30. The van der Waals surface area contributed by atoms with Crippen molar-refractivity contribution < 1.29 is 4.74 Å². The smallest absolute Gasteiger partial charge is 0.119 e. The Labute approximate surface area is 320 Å². The highest BCUT2D eigenvalue weighted by atomic mass is 32.1. The van der Waals surface area contributed by atoms with Gasteiger partial charge in [-0.2, -0.15) is 0 Å². The van der Waals surface area contributed by atoms with Crippen LogP contribution in [0.25, 0.3) is 32.0 Å². The lowest BCUT2D eigenvalue weighted by Crippen LogP contribution is -2.42. The predicted octanol–water partition coefficient (Wildman–Crippen LogP) is 15.2. The third-order valence-electron chi connectivity index (χ3n) is 11.8. The Kier molecular flexibility index (Phi) is 13.5. The maximum Gasteiger partial charge on any atom is 0.119 e. The molecular formula is C49H63NOS. The topological polar surface area (TPSA) is 12.5 Å². The van der Waals surface area contributed by atoms with Crippen molar-refractivity contribution >= 4 is 22.7 Å². The minimum atomic E-state index is -0.0170. The van der Waals surface area contributed by atoms with Crippen molar-refractivity contribution in [3.8, 4) is 37.8 Å². The van der Waals surface area contributed by atoms with Gasteiger partial charge in [0.1, 0.15) is 5.75 Å². The van der Waals surface area contributed by atoms with Gasteiger partial charge in [-0.1, -0.05) is 129 Å². The molecule has 52 heavy (non-hydrogen) atoms. The molecule has 276 valence electrons. The molecule has 0 aliphatic heterocycles. The molecule has 0 amide bonds. The van der Waals surface area contributed by atoms with Gasteiger partial charge in [0.05, 0.1) is 6.61 Å². The van der Waals surface area contributed by atoms with Gasteiger partial charge in [0.25, 0.3) is 0 Å². The minimum absolute atomic E-state index is 0.0170. The minimum Gasteiger partial charge on any atom is -0.494 e. The SMILES string of the molecule is CCCOc1ccc(-c2ccc(N(c3ccc(-c4sc(-c5ccc(C(C)(CC)CC)cc5)c(CCC)c4CCC)cc3)C(C)(CC)CC)cc2)cc1. The molecule has 4 aromatic carbocycles. The number of thiophene rings is 1. The zero-order chi connectivity index (χ0) is 37.3. The Morgan fingerprint density at radius 3 is 1.33 bits per heavy atom. The summed E-state index contributed by atoms with van der Waals surface area (Å²) in [5.41, 5.74) is 12.4. The van der Waals surface area contributed by atoms with Crippen molar-refractivity contribution in [2.75, 3.05) is 11.5 Å². The van der Waals surface area contributed by atoms with Gasteiger partial charge in [0.2, 0.25) is 0 Å². The highest BCUT2D eigenvalue weighted by molar-refractivity contribution is 7.19. The summed E-state index contributed by atoms with van der Waals surface area (Å²) < 4.78 is 5.82. The van der Waals surface area contributed by atoms with Crippen molar-refractivity contribution in [3.05, 3.63) is 114 Å². The number of hydrogen-bond acceptors (Lipinski definition) is 3. The van der Waals surface area contributed by atoms with E-state index < -0.39 is 0 Å². The van der Waals surface area contributed by atoms with E-state index in [-0.39, 0.29) is 11.0 Å². The fourth-order valence-corrected chi connectivity index (χ4v) is 8.95. The van der Waals surface area contributed by atoms with E-state index >= 15 is 0 Å². The lowest BCUT2D eigenvalue weighted by Gasteiger charge is -2.42. The van der Waals surface area contributed by atoms with Gasteiger partial charge in [-0.05, 0) is 133 Å². The molecule has 0 spiro atoms. The van der Waals surface area contributed by atoms with Crippen LogP contribution in [0.5, 0.6) is 5.75 Å². The molecule has 0 fully saturated rings. The molecule has 1 heterocycles. The molecule has 0 atom stereocenters. The fourth-order valence-electron chi connectivity index (χ4n) is 7.54. The zero-order valence-corrected chi connectivity index (χ0v) is 34.4. The van der Waals surface area contributed by atoms with Crippen molar-refractivity contribution in [1.29, 1.82) is 0 Å². The summed E-state index contributed by atoms with van der Waals surface area (Å²) in [4.78, 5) is 5.47. The molecule has 0 unspecified atom stereocenters. The van der Waals surface area contributed by atoms with Gasteiger partial charge in [0, 0.05) is 26.7 Å². The average molecular weight is 714 g/mol. The van der Waals surface area contributed by atoms with Gasteiger partial charge in [-0.25, -0.2) is 0 Å². The molecule has 2 nitrogen and oxygen atoms in total. The Balaban J connectivity index is 1.50. The van der Waals surface area contributed by atoms with Crippen LogP contribution < -0.4 is 9.64 Å². The van der Waals surface area contributed by atoms with Crippen LogP contribution in [0.4, 0.5) is 11.4 Å². The van der Waals surface area contributed by atoms with E-state index in [1.165, 1.54) is 48.9 Å². The number of nitrogens with zero attached hydrogens (tertiary/aromatic N) is 1. The number of ether oxygens (including phenoxy) is 1. The van der Waals surface area contributed by atoms with Gasteiger partial charge < -0.3 is 9.64 Å². The largest absolute Gasteiger partial charge is 0.494 e. The molecule has 1 aromatic heterocycles. The Morgan fingerprint density at radius 2 is 0.923 bits per heavy atom. The first-order chi connectivity index (χ1) is 25.2. The Morgan fingerprint density at radius 1 is 0.500 bits per heavy atom. The lowest BCUT2D eigenvalue weighted by molar-refractivity contribution is 0.317. The predicted molar refractivity (Wildman–Crippen MR) is 230 cm³/mol. The van der Waals surface area contributed by atoms with E-state index in [0.29, 0.717) is 0 Å². The first-order valence-corrected chi connectivity index (χ1v) is 21.0. The summed E-state index contributed by atoms with van der Waals surface area (Å²) in [6, 6.07) is 36.7. The monoisotopic (exact) mass is 713 g/mol. The standard InChI is InChI=1S/C49H63NOS/c1-10-17-44-45(18-11-2)47(52-46(44)38-19-27-40(28-20-38)48(8,13-4)14-5)39-23-31-42(32-24-39)50(49(9,15-6)16-7)41-29-21-36(22-30-41)37-25-33-43(34-26-37)51-35-12-3/h19-34H,10-18,35H2,1-9H3. The van der Waals surface area contributed by atoms with E-state index in [9.17, 15) is 0 Å². The van der Waals surface area contributed by atoms with E-state index in [2.05, 4.69) is 164 Å². The quantitative estimate of drug-likeness (QED) is 0.0896. The number of rotatable bonds is 18. The van der Waals surface area contributed by atoms with E-state index in [0.717, 1.165) is 70.1 Å². The second-order valence-electron chi connectivity index (χ2n) is 15.1. The van der Waals surface area contributed by atoms with Crippen molar-refractivity contribution in [2.24, 2.45) is 0 Å². The summed E-state index contributed by atoms with van der Waals surface area (Å²) in [5.74, 6) is 0.932. The van der Waals surface area contributed by atoms with Crippen LogP contribution in [0.3, 0.4) is 0 Å². The van der Waals surface area contributed by atoms with E-state index in [1.54, 1.807) is 11.1 Å². The summed E-state index contributed by atoms with van der Waals surface area (Å²) >= 11 is 2.00. The van der Waals surface area contributed by atoms with E-state index in [1.807, 2.05) is 11.3 Å². The number of anilines is 2. The van der Waals surface area contributed by atoms with Gasteiger partial charge in [-0.3, -0.25) is 0 Å². The summed E-state index contributed by atoms with van der Waals surface area (Å²) in [6.07, 6.45) is 9.96. The molecule has 0 bridgehead atoms. The van der Waals surface area contributed by atoms with E-state index in [4.69, 9.17) is 4.74 Å². The molecule has 0 radical (unpaired) electrons. The van der Waals surface area contributed by atoms with Crippen molar-refractivity contribution in [2.45, 2.75) is 131 Å². The van der Waals surface area contributed by atoms with Crippen molar-refractivity contribution in [1.82, 2.24) is 0 Å². The van der Waals surface area contributed by atoms with Gasteiger partial charge >= 0.3 is 0 Å². The van der Waals surface area contributed by atoms with Crippen LogP contribution in [-0.2, 0) is 18.3 Å². The van der Waals surface area contributed by atoms with Crippen LogP contribution in [-0.4, -0.2) is 12.1 Å². The molecule has 0 saturated carbocycles. The summed E-state index contributed by atoms with van der Waals surface area (Å²) in [7, 11) is 0. The van der Waals surface area contributed by atoms with Crippen LogP contribution in [0.1, 0.15) is 124 Å². The number of benzene rings is 4. The number of hydrogen-bond donors (Lipinski definition) is 0. The molecular weight excluding hydrogens is 651 g/mol. The molecule has 3 heteroatoms. The first-order valence-electron chi connectivity index (χ1n) is 20.2. The normalized spacial score (nSPS) is 11.9. The summed E-state index contributed by atoms with van der Waals surface area (Å²) in [6.45, 7) is 21.6. The third kappa shape index (κ3) is 8.36. The summed E-state index contributed by atoms with van der Waals surface area (Å²) in [5, 5.41) is 0. The second-order valence-corrected chi connectivity index (χ2v) is 16.1. The Hall–Kier alpha value is -3.82. The third-order valence-corrected chi connectivity index (χ3v) is 13.1.